The molecular weight excluding hydrogens is 312 g/mol. The smallest absolute Gasteiger partial charge is 0.243 e. The van der Waals surface area contributed by atoms with Crippen molar-refractivity contribution in [2.75, 3.05) is 18.8 Å². The first-order valence-corrected chi connectivity index (χ1v) is 9.95. The normalized spacial score (nSPS) is 18.8. The summed E-state index contributed by atoms with van der Waals surface area (Å²) in [7, 11) is -7.09. The van der Waals surface area contributed by atoms with Gasteiger partial charge >= 0.3 is 0 Å². The number of rotatable bonds is 4. The van der Waals surface area contributed by atoms with E-state index in [1.54, 1.807) is 0 Å². The second kappa shape index (κ2) is 6.04. The fraction of sp³-hybridized carbons (Fsp3) is 0.538. The summed E-state index contributed by atoms with van der Waals surface area (Å²) in [4.78, 5) is 0.0623. The number of benzene rings is 1. The van der Waals surface area contributed by atoms with E-state index in [4.69, 9.17) is 5.73 Å². The van der Waals surface area contributed by atoms with E-state index in [9.17, 15) is 16.8 Å². The maximum absolute atomic E-state index is 12.6. The number of sulfonamides is 1. The van der Waals surface area contributed by atoms with Gasteiger partial charge in [0.25, 0.3) is 0 Å². The van der Waals surface area contributed by atoms with Crippen molar-refractivity contribution in [2.24, 2.45) is 5.73 Å². The molecule has 1 fully saturated rings. The quantitative estimate of drug-likeness (QED) is 0.870. The number of piperidine rings is 1. The van der Waals surface area contributed by atoms with Gasteiger partial charge in [0.2, 0.25) is 10.0 Å². The fourth-order valence-corrected chi connectivity index (χ4v) is 4.78. The average molecular weight is 332 g/mol. The van der Waals surface area contributed by atoms with Crippen LogP contribution in [0.25, 0.3) is 0 Å². The van der Waals surface area contributed by atoms with Crippen molar-refractivity contribution < 1.29 is 16.8 Å². The Morgan fingerprint density at radius 3 is 2.29 bits per heavy atom. The van der Waals surface area contributed by atoms with Gasteiger partial charge in [0.15, 0.2) is 9.84 Å². The first-order valence-electron chi connectivity index (χ1n) is 6.86. The minimum absolute atomic E-state index is 0.0208. The molecule has 0 aromatic heterocycles. The van der Waals surface area contributed by atoms with E-state index in [0.29, 0.717) is 25.9 Å². The van der Waals surface area contributed by atoms with Crippen LogP contribution >= 0.6 is 0 Å². The van der Waals surface area contributed by atoms with Crippen LogP contribution in [-0.2, 0) is 19.9 Å². The van der Waals surface area contributed by atoms with E-state index in [-0.39, 0.29) is 21.6 Å². The number of nitrogens with zero attached hydrogens (tertiary/aromatic N) is 1. The van der Waals surface area contributed by atoms with Crippen LogP contribution in [-0.4, -0.2) is 46.0 Å². The molecule has 0 atom stereocenters. The highest BCUT2D eigenvalue weighted by Crippen LogP contribution is 2.23. The van der Waals surface area contributed by atoms with Crippen molar-refractivity contribution in [3.8, 4) is 0 Å². The third kappa shape index (κ3) is 3.45. The highest BCUT2D eigenvalue weighted by atomic mass is 32.2. The van der Waals surface area contributed by atoms with E-state index < -0.39 is 19.9 Å². The molecule has 1 saturated heterocycles. The molecule has 2 N–H and O–H groups in total. The molecule has 0 amide bonds. The van der Waals surface area contributed by atoms with Crippen molar-refractivity contribution in [1.82, 2.24) is 4.31 Å². The lowest BCUT2D eigenvalue weighted by Crippen LogP contribution is -2.42. The minimum atomic E-state index is -3.66. The standard InChI is InChI=1S/C13H20N2O4S2/c1-2-20(16,17)12-4-3-5-13(10-12)21(18,19)15-8-6-11(14)7-9-15/h3-5,10-11H,2,6-9,14H2,1H3. The number of nitrogens with two attached hydrogens (primary N) is 1. The molecular formula is C13H20N2O4S2. The lowest BCUT2D eigenvalue weighted by atomic mass is 10.1. The summed E-state index contributed by atoms with van der Waals surface area (Å²) in [5.74, 6) is -0.0604. The molecule has 118 valence electrons. The van der Waals surface area contributed by atoms with Gasteiger partial charge in [0.05, 0.1) is 15.5 Å². The zero-order chi connectivity index (χ0) is 15.7. The first-order chi connectivity index (χ1) is 9.77. The summed E-state index contributed by atoms with van der Waals surface area (Å²) < 4.78 is 50.2. The number of hydrogen-bond donors (Lipinski definition) is 1. The zero-order valence-corrected chi connectivity index (χ0v) is 13.5. The summed E-state index contributed by atoms with van der Waals surface area (Å²) >= 11 is 0. The highest BCUT2D eigenvalue weighted by Gasteiger charge is 2.29. The maximum atomic E-state index is 12.6. The first kappa shape index (κ1) is 16.4. The lowest BCUT2D eigenvalue weighted by molar-refractivity contribution is 0.320. The molecule has 8 heteroatoms. The summed E-state index contributed by atoms with van der Waals surface area (Å²) in [5.41, 5.74) is 5.78. The molecule has 0 aliphatic carbocycles. The van der Waals surface area contributed by atoms with Crippen LogP contribution in [0, 0.1) is 0 Å². The third-order valence-electron chi connectivity index (χ3n) is 3.68. The molecule has 1 aromatic carbocycles. The van der Waals surface area contributed by atoms with E-state index in [2.05, 4.69) is 0 Å². The van der Waals surface area contributed by atoms with Crippen molar-refractivity contribution >= 4 is 19.9 Å². The second-order valence-corrected chi connectivity index (χ2v) is 9.34. The molecule has 1 aromatic rings. The molecule has 1 aliphatic rings. The van der Waals surface area contributed by atoms with Gasteiger partial charge in [-0.15, -0.1) is 0 Å². The number of sulfone groups is 1. The van der Waals surface area contributed by atoms with Gasteiger partial charge in [-0.25, -0.2) is 16.8 Å². The fourth-order valence-electron chi connectivity index (χ4n) is 2.26. The Labute approximate surface area is 125 Å². The van der Waals surface area contributed by atoms with Gasteiger partial charge in [-0.2, -0.15) is 4.31 Å². The zero-order valence-electron chi connectivity index (χ0n) is 11.9. The molecule has 21 heavy (non-hydrogen) atoms. The predicted molar refractivity (Wildman–Crippen MR) is 80.1 cm³/mol. The molecule has 0 bridgehead atoms. The van der Waals surface area contributed by atoms with Crippen LogP contribution in [0.5, 0.6) is 0 Å². The minimum Gasteiger partial charge on any atom is -0.328 e. The van der Waals surface area contributed by atoms with Gasteiger partial charge < -0.3 is 5.73 Å². The summed E-state index contributed by atoms with van der Waals surface area (Å²) in [6.45, 7) is 2.27. The average Bonchev–Trinajstić information content (AvgIpc) is 2.48. The highest BCUT2D eigenvalue weighted by molar-refractivity contribution is 7.91. The predicted octanol–water partition coefficient (Wildman–Crippen LogP) is 0.592. The third-order valence-corrected chi connectivity index (χ3v) is 7.31. The van der Waals surface area contributed by atoms with Crippen molar-refractivity contribution in [3.05, 3.63) is 24.3 Å². The molecule has 1 heterocycles. The topological polar surface area (TPSA) is 97.5 Å². The molecule has 1 aliphatic heterocycles. The van der Waals surface area contributed by atoms with Gasteiger partial charge in [-0.05, 0) is 31.0 Å². The Morgan fingerprint density at radius 1 is 1.14 bits per heavy atom. The Hall–Kier alpha value is -0.960. The number of hydrogen-bond acceptors (Lipinski definition) is 5. The van der Waals surface area contributed by atoms with Crippen LogP contribution in [0.2, 0.25) is 0 Å². The van der Waals surface area contributed by atoms with E-state index in [1.165, 1.54) is 35.5 Å². The molecule has 0 radical (unpaired) electrons. The van der Waals surface area contributed by atoms with Crippen LogP contribution in [0.4, 0.5) is 0 Å². The van der Waals surface area contributed by atoms with Crippen LogP contribution in [0.1, 0.15) is 19.8 Å². The summed E-state index contributed by atoms with van der Waals surface area (Å²) in [6, 6.07) is 5.58. The molecule has 0 saturated carbocycles. The van der Waals surface area contributed by atoms with Gasteiger partial charge in [0, 0.05) is 19.1 Å². The van der Waals surface area contributed by atoms with Crippen LogP contribution in [0.15, 0.2) is 34.1 Å². The summed E-state index contributed by atoms with van der Waals surface area (Å²) in [5, 5.41) is 0. The van der Waals surface area contributed by atoms with Gasteiger partial charge in [-0.3, -0.25) is 0 Å². The largest absolute Gasteiger partial charge is 0.328 e. The molecule has 0 unspecified atom stereocenters. The van der Waals surface area contributed by atoms with Crippen LogP contribution < -0.4 is 5.73 Å². The SMILES string of the molecule is CCS(=O)(=O)c1cccc(S(=O)(=O)N2CCC(N)CC2)c1. The maximum Gasteiger partial charge on any atom is 0.243 e. The Bertz CT molecular complexity index is 705. The van der Waals surface area contributed by atoms with Gasteiger partial charge in [-0.1, -0.05) is 13.0 Å². The second-order valence-electron chi connectivity index (χ2n) is 5.12. The van der Waals surface area contributed by atoms with E-state index in [1.807, 2.05) is 0 Å². The van der Waals surface area contributed by atoms with E-state index in [0.717, 1.165) is 0 Å². The Kier molecular flexibility index (Phi) is 4.72. The van der Waals surface area contributed by atoms with E-state index >= 15 is 0 Å². The Balaban J connectivity index is 2.35. The monoisotopic (exact) mass is 332 g/mol. The van der Waals surface area contributed by atoms with Crippen LogP contribution in [0.3, 0.4) is 0 Å². The molecule has 6 nitrogen and oxygen atoms in total. The van der Waals surface area contributed by atoms with Gasteiger partial charge in [0.1, 0.15) is 0 Å². The molecule has 0 spiro atoms. The van der Waals surface area contributed by atoms with Crippen molar-refractivity contribution in [2.45, 2.75) is 35.6 Å². The van der Waals surface area contributed by atoms with Crippen molar-refractivity contribution in [1.29, 1.82) is 0 Å². The molecule has 2 rings (SSSR count). The summed E-state index contributed by atoms with van der Waals surface area (Å²) in [6.07, 6.45) is 1.23. The van der Waals surface area contributed by atoms with Crippen molar-refractivity contribution in [3.63, 3.8) is 0 Å². The Morgan fingerprint density at radius 2 is 1.71 bits per heavy atom. The lowest BCUT2D eigenvalue weighted by Gasteiger charge is -2.29.